The van der Waals surface area contributed by atoms with Crippen molar-refractivity contribution >= 4 is 64.0 Å². The fraction of sp³-hybridized carbons (Fsp3) is 0.0909. The average Bonchev–Trinajstić information content (AvgIpc) is 3.03. The number of benzene rings is 5. The second-order valence-corrected chi connectivity index (χ2v) is 11.5. The van der Waals surface area contributed by atoms with Gasteiger partial charge < -0.3 is 10.0 Å². The Balaban J connectivity index is 0.000000273. The van der Waals surface area contributed by atoms with Gasteiger partial charge in [-0.05, 0) is 5.46 Å². The second kappa shape index (κ2) is 23.8. The molecule has 7 heteroatoms. The van der Waals surface area contributed by atoms with Gasteiger partial charge in [-0.3, -0.25) is 0 Å². The van der Waals surface area contributed by atoms with E-state index in [4.69, 9.17) is 10.0 Å². The average molecular weight is 773 g/mol. The molecule has 0 saturated carbocycles. The molecule has 2 nitrogen and oxygen atoms in total. The zero-order chi connectivity index (χ0) is 28.0. The fourth-order valence-corrected chi connectivity index (χ4v) is 5.68. The molecule has 5 rings (SSSR count). The van der Waals surface area contributed by atoms with Crippen LogP contribution >= 0.6 is 0 Å². The molecule has 0 bridgehead atoms. The Morgan fingerprint density at radius 2 is 0.800 bits per heavy atom. The summed E-state index contributed by atoms with van der Waals surface area (Å²) in [5, 5.41) is 20.4. The van der Waals surface area contributed by atoms with Gasteiger partial charge in [0.15, 0.2) is 0 Å². The topological polar surface area (TPSA) is 40.5 Å². The summed E-state index contributed by atoms with van der Waals surface area (Å²) in [4.78, 5) is 0. The molecule has 0 aliphatic rings. The number of hydrogen-bond acceptors (Lipinski definition) is 2. The molecule has 3 radical (unpaired) electrons. The quantitative estimate of drug-likeness (QED) is 0.253. The number of rotatable bonds is 6. The summed E-state index contributed by atoms with van der Waals surface area (Å²) in [5.74, 6) is 0. The normalized spacial score (nSPS) is 9.20. The Kier molecular flexibility index (Phi) is 21.6. The molecule has 0 unspecified atom stereocenters. The first kappa shape index (κ1) is 36.2. The van der Waals surface area contributed by atoms with Crippen molar-refractivity contribution in [2.75, 3.05) is 0 Å². The van der Waals surface area contributed by atoms with Crippen molar-refractivity contribution in [3.05, 3.63) is 168 Å². The van der Waals surface area contributed by atoms with E-state index in [0.29, 0.717) is 20.4 Å². The van der Waals surface area contributed by atoms with E-state index in [2.05, 4.69) is 117 Å². The van der Waals surface area contributed by atoms with Gasteiger partial charge in [0.1, 0.15) is 0 Å². The molecule has 40 heavy (non-hydrogen) atoms. The van der Waals surface area contributed by atoms with E-state index in [-0.39, 0.29) is 17.1 Å². The van der Waals surface area contributed by atoms with Crippen molar-refractivity contribution in [3.8, 4) is 0 Å². The monoisotopic (exact) mass is 775 g/mol. The SMILES string of the molecule is OB(O)c1ccccc1.[Cu].[Se]Cc1ccccc1.[Se]Cc1ccccc1.c1ccc(C[Se]c2ccccc2)cc1. The predicted molar refractivity (Wildman–Crippen MR) is 170 cm³/mol. The fourth-order valence-electron chi connectivity index (χ4n) is 3.03. The van der Waals surface area contributed by atoms with Gasteiger partial charge in [0.05, 0.1) is 0 Å². The van der Waals surface area contributed by atoms with Crippen LogP contribution in [0.5, 0.6) is 0 Å². The van der Waals surface area contributed by atoms with Crippen LogP contribution in [0.2, 0.25) is 0 Å². The van der Waals surface area contributed by atoms with Gasteiger partial charge in [-0.1, -0.05) is 30.3 Å². The van der Waals surface area contributed by atoms with Gasteiger partial charge in [0, 0.05) is 17.1 Å². The van der Waals surface area contributed by atoms with Gasteiger partial charge in [0.25, 0.3) is 0 Å². The van der Waals surface area contributed by atoms with E-state index in [1.165, 1.54) is 26.5 Å². The first-order valence-electron chi connectivity index (χ1n) is 12.5. The minimum atomic E-state index is -1.34. The zero-order valence-corrected chi connectivity index (χ0v) is 28.1. The Morgan fingerprint density at radius 3 is 1.10 bits per heavy atom. The molecule has 5 aromatic carbocycles. The van der Waals surface area contributed by atoms with Crippen LogP contribution < -0.4 is 9.92 Å². The molecule has 0 amide bonds. The van der Waals surface area contributed by atoms with Crippen molar-refractivity contribution in [2.24, 2.45) is 0 Å². The maximum atomic E-state index is 8.58. The van der Waals surface area contributed by atoms with Crippen molar-refractivity contribution < 1.29 is 27.1 Å². The van der Waals surface area contributed by atoms with E-state index in [0.717, 1.165) is 10.6 Å². The summed E-state index contributed by atoms with van der Waals surface area (Å²) in [5.41, 5.74) is 4.67. The summed E-state index contributed by atoms with van der Waals surface area (Å²) in [6, 6.07) is 50.7. The maximum absolute atomic E-state index is 8.58. The minimum absolute atomic E-state index is 0. The van der Waals surface area contributed by atoms with Crippen molar-refractivity contribution in [3.63, 3.8) is 0 Å². The second-order valence-electron chi connectivity index (χ2n) is 8.13. The van der Waals surface area contributed by atoms with E-state index >= 15 is 0 Å². The van der Waals surface area contributed by atoms with Gasteiger partial charge in [-0.25, -0.2) is 0 Å². The molecule has 0 aromatic heterocycles. The molecule has 209 valence electrons. The van der Waals surface area contributed by atoms with Crippen LogP contribution in [0.15, 0.2) is 152 Å². The summed E-state index contributed by atoms with van der Waals surface area (Å²) in [7, 11) is -1.34. The molecular weight excluding hydrogens is 740 g/mol. The summed E-state index contributed by atoms with van der Waals surface area (Å²) < 4.78 is 1.48. The van der Waals surface area contributed by atoms with Crippen LogP contribution in [0, 0.1) is 0 Å². The Bertz CT molecular complexity index is 1160. The molecule has 0 aliphatic carbocycles. The predicted octanol–water partition coefficient (Wildman–Crippen LogP) is 4.29. The van der Waals surface area contributed by atoms with Crippen molar-refractivity contribution in [2.45, 2.75) is 16.0 Å². The van der Waals surface area contributed by atoms with Crippen molar-refractivity contribution in [1.29, 1.82) is 0 Å². The van der Waals surface area contributed by atoms with Crippen LogP contribution in [-0.4, -0.2) is 64.1 Å². The third-order valence-electron chi connectivity index (χ3n) is 5.11. The standard InChI is InChI=1S/C13H12Se.2C7H7Se.C6H7BO2.Cu/c1-3-7-12(8-4-1)11-14-13-9-5-2-6-10-13;2*8-6-7-4-2-1-3-5-7;8-7(9)6-4-2-1-3-5-6;/h1-10H,11H2;2*1-5H,6H2;1-5,8-9H;. The van der Waals surface area contributed by atoms with E-state index in [1.54, 1.807) is 24.3 Å². The van der Waals surface area contributed by atoms with Crippen molar-refractivity contribution in [1.82, 2.24) is 0 Å². The third-order valence-corrected chi connectivity index (χ3v) is 8.78. The molecule has 0 atom stereocenters. The molecule has 0 heterocycles. The van der Waals surface area contributed by atoms with E-state index < -0.39 is 7.12 Å². The molecule has 2 N–H and O–H groups in total. The first-order valence-corrected chi connectivity index (χ1v) is 17.0. The van der Waals surface area contributed by atoms with Crippen LogP contribution in [-0.2, 0) is 33.0 Å². The van der Waals surface area contributed by atoms with Crippen LogP contribution in [0.3, 0.4) is 0 Å². The Labute approximate surface area is 273 Å². The molecular formula is C33H33BCuO2Se3. The van der Waals surface area contributed by atoms with Gasteiger partial charge in [0.2, 0.25) is 0 Å². The molecule has 0 saturated heterocycles. The molecule has 0 aliphatic heterocycles. The van der Waals surface area contributed by atoms with Crippen LogP contribution in [0.4, 0.5) is 0 Å². The van der Waals surface area contributed by atoms with E-state index in [9.17, 15) is 0 Å². The third kappa shape index (κ3) is 17.1. The number of hydrogen-bond donors (Lipinski definition) is 2. The summed E-state index contributed by atoms with van der Waals surface area (Å²) in [6.07, 6.45) is 0. The zero-order valence-electron chi connectivity index (χ0n) is 22.1. The summed E-state index contributed by atoms with van der Waals surface area (Å²) >= 11 is 6.49. The molecule has 5 aromatic rings. The Morgan fingerprint density at radius 1 is 0.475 bits per heavy atom. The van der Waals surface area contributed by atoms with E-state index in [1.807, 2.05) is 42.5 Å². The van der Waals surface area contributed by atoms with Gasteiger partial charge >= 0.3 is 213 Å². The molecule has 0 spiro atoms. The van der Waals surface area contributed by atoms with Crippen LogP contribution in [0.25, 0.3) is 0 Å². The summed E-state index contributed by atoms with van der Waals surface area (Å²) in [6.45, 7) is 0. The Hall–Kier alpha value is -1.84. The van der Waals surface area contributed by atoms with Crippen LogP contribution in [0.1, 0.15) is 16.7 Å². The van der Waals surface area contributed by atoms with Gasteiger partial charge in [-0.2, -0.15) is 0 Å². The first-order chi connectivity index (χ1) is 19.1. The van der Waals surface area contributed by atoms with Gasteiger partial charge in [-0.15, -0.1) is 0 Å². The molecule has 0 fully saturated rings.